The second-order valence-electron chi connectivity index (χ2n) is 2.59. The van der Waals surface area contributed by atoms with Crippen molar-refractivity contribution in [2.24, 2.45) is 0 Å². The standard InChI is InChI=1S/C8H11FO/c1-6-7(4-5-9)2-3-8(6)10/h2-5H2,1H3. The van der Waals surface area contributed by atoms with Crippen LogP contribution in [0.3, 0.4) is 0 Å². The van der Waals surface area contributed by atoms with Crippen molar-refractivity contribution >= 4 is 5.78 Å². The van der Waals surface area contributed by atoms with Crippen LogP contribution in [0.25, 0.3) is 0 Å². The fourth-order valence-electron chi connectivity index (χ4n) is 1.26. The molecule has 0 atom stereocenters. The number of hydrogen-bond donors (Lipinski definition) is 0. The third kappa shape index (κ3) is 1.25. The predicted octanol–water partition coefficient (Wildman–Crippen LogP) is 2.03. The molecule has 0 aromatic carbocycles. The molecule has 0 aliphatic heterocycles. The zero-order valence-electron chi connectivity index (χ0n) is 6.11. The van der Waals surface area contributed by atoms with Crippen LogP contribution in [0.15, 0.2) is 11.1 Å². The van der Waals surface area contributed by atoms with Gasteiger partial charge in [0.15, 0.2) is 5.78 Å². The first-order valence-electron chi connectivity index (χ1n) is 3.53. The Morgan fingerprint density at radius 1 is 1.50 bits per heavy atom. The third-order valence-corrected chi connectivity index (χ3v) is 2.00. The summed E-state index contributed by atoms with van der Waals surface area (Å²) >= 11 is 0. The van der Waals surface area contributed by atoms with E-state index in [0.717, 1.165) is 17.6 Å². The summed E-state index contributed by atoms with van der Waals surface area (Å²) in [6.07, 6.45) is 1.84. The molecule has 1 nitrogen and oxygen atoms in total. The van der Waals surface area contributed by atoms with Crippen molar-refractivity contribution in [3.8, 4) is 0 Å². The van der Waals surface area contributed by atoms with Crippen LogP contribution < -0.4 is 0 Å². The molecule has 0 amide bonds. The molecule has 0 fully saturated rings. The fraction of sp³-hybridized carbons (Fsp3) is 0.625. The molecule has 0 aromatic heterocycles. The summed E-state index contributed by atoms with van der Waals surface area (Å²) in [7, 11) is 0. The first-order valence-corrected chi connectivity index (χ1v) is 3.53. The molecule has 56 valence electrons. The second-order valence-corrected chi connectivity index (χ2v) is 2.59. The monoisotopic (exact) mass is 142 g/mol. The molecule has 0 N–H and O–H groups in total. The quantitative estimate of drug-likeness (QED) is 0.576. The van der Waals surface area contributed by atoms with Gasteiger partial charge in [0.25, 0.3) is 0 Å². The van der Waals surface area contributed by atoms with Crippen molar-refractivity contribution in [2.75, 3.05) is 6.67 Å². The van der Waals surface area contributed by atoms with E-state index < -0.39 is 0 Å². The van der Waals surface area contributed by atoms with Crippen molar-refractivity contribution in [3.63, 3.8) is 0 Å². The number of ketones is 1. The molecule has 10 heavy (non-hydrogen) atoms. The molecule has 0 spiro atoms. The van der Waals surface area contributed by atoms with Crippen LogP contribution in [0, 0.1) is 0 Å². The topological polar surface area (TPSA) is 17.1 Å². The maximum atomic E-state index is 11.8. The summed E-state index contributed by atoms with van der Waals surface area (Å²) in [6, 6.07) is 0. The normalized spacial score (nSPS) is 18.8. The van der Waals surface area contributed by atoms with E-state index >= 15 is 0 Å². The van der Waals surface area contributed by atoms with Gasteiger partial charge in [-0.05, 0) is 25.3 Å². The highest BCUT2D eigenvalue weighted by Gasteiger charge is 2.17. The Balaban J connectivity index is 2.65. The maximum Gasteiger partial charge on any atom is 0.158 e. The summed E-state index contributed by atoms with van der Waals surface area (Å²) in [4.78, 5) is 10.9. The van der Waals surface area contributed by atoms with Crippen molar-refractivity contribution in [3.05, 3.63) is 11.1 Å². The van der Waals surface area contributed by atoms with Gasteiger partial charge in [-0.3, -0.25) is 9.18 Å². The van der Waals surface area contributed by atoms with Crippen LogP contribution in [0.1, 0.15) is 26.2 Å². The van der Waals surface area contributed by atoms with Gasteiger partial charge in [-0.1, -0.05) is 5.57 Å². The molecule has 0 saturated heterocycles. The molecule has 1 aliphatic rings. The molecule has 1 rings (SSSR count). The number of hydrogen-bond acceptors (Lipinski definition) is 1. The Bertz CT molecular complexity index is 182. The number of Topliss-reactive ketones (excluding diaryl/α,β-unsaturated/α-hetero) is 1. The van der Waals surface area contributed by atoms with Crippen LogP contribution in [-0.4, -0.2) is 12.5 Å². The third-order valence-electron chi connectivity index (χ3n) is 2.00. The van der Waals surface area contributed by atoms with Gasteiger partial charge in [-0.15, -0.1) is 0 Å². The Morgan fingerprint density at radius 3 is 2.60 bits per heavy atom. The molecule has 0 aromatic rings. The molecule has 0 unspecified atom stereocenters. The lowest BCUT2D eigenvalue weighted by Crippen LogP contribution is -1.90. The molecule has 2 heteroatoms. The van der Waals surface area contributed by atoms with Crippen LogP contribution in [0.4, 0.5) is 4.39 Å². The predicted molar refractivity (Wildman–Crippen MR) is 37.5 cm³/mol. The molecule has 0 saturated carbocycles. The van der Waals surface area contributed by atoms with E-state index in [9.17, 15) is 9.18 Å². The number of rotatable bonds is 2. The molecular formula is C8H11FO. The summed E-state index contributed by atoms with van der Waals surface area (Å²) < 4.78 is 11.8. The highest BCUT2D eigenvalue weighted by molar-refractivity contribution is 5.98. The minimum atomic E-state index is -0.333. The van der Waals surface area contributed by atoms with Crippen molar-refractivity contribution in [1.29, 1.82) is 0 Å². The Labute approximate surface area is 59.9 Å². The van der Waals surface area contributed by atoms with E-state index in [2.05, 4.69) is 0 Å². The van der Waals surface area contributed by atoms with Crippen LogP contribution in [-0.2, 0) is 4.79 Å². The van der Waals surface area contributed by atoms with E-state index in [4.69, 9.17) is 0 Å². The van der Waals surface area contributed by atoms with E-state index in [-0.39, 0.29) is 12.5 Å². The average molecular weight is 142 g/mol. The number of carbonyl (C=O) groups excluding carboxylic acids is 1. The van der Waals surface area contributed by atoms with Gasteiger partial charge >= 0.3 is 0 Å². The molecule has 0 radical (unpaired) electrons. The van der Waals surface area contributed by atoms with Gasteiger partial charge in [0.2, 0.25) is 0 Å². The summed E-state index contributed by atoms with van der Waals surface area (Å²) in [5.41, 5.74) is 1.82. The number of alkyl halides is 1. The van der Waals surface area contributed by atoms with Gasteiger partial charge in [0.1, 0.15) is 0 Å². The van der Waals surface area contributed by atoms with Crippen LogP contribution >= 0.6 is 0 Å². The van der Waals surface area contributed by atoms with E-state index in [1.807, 2.05) is 0 Å². The van der Waals surface area contributed by atoms with Crippen LogP contribution in [0.5, 0.6) is 0 Å². The van der Waals surface area contributed by atoms with Crippen molar-refractivity contribution in [2.45, 2.75) is 26.2 Å². The molecule has 1 aliphatic carbocycles. The minimum absolute atomic E-state index is 0.198. The summed E-state index contributed by atoms with van der Waals surface area (Å²) in [6.45, 7) is 1.46. The number of carbonyl (C=O) groups is 1. The van der Waals surface area contributed by atoms with E-state index in [1.54, 1.807) is 6.92 Å². The molecular weight excluding hydrogens is 131 g/mol. The minimum Gasteiger partial charge on any atom is -0.295 e. The SMILES string of the molecule is CC1=C(CCF)CCC1=O. The fourth-order valence-corrected chi connectivity index (χ4v) is 1.26. The number of halogens is 1. The van der Waals surface area contributed by atoms with Gasteiger partial charge in [0, 0.05) is 6.42 Å². The van der Waals surface area contributed by atoms with Crippen molar-refractivity contribution in [1.82, 2.24) is 0 Å². The van der Waals surface area contributed by atoms with Gasteiger partial charge in [-0.25, -0.2) is 0 Å². The Hall–Kier alpha value is -0.660. The van der Waals surface area contributed by atoms with Crippen molar-refractivity contribution < 1.29 is 9.18 Å². The number of allylic oxidation sites excluding steroid dienone is 2. The average Bonchev–Trinajstić information content (AvgIpc) is 2.20. The van der Waals surface area contributed by atoms with Gasteiger partial charge in [0.05, 0.1) is 6.67 Å². The largest absolute Gasteiger partial charge is 0.295 e. The Morgan fingerprint density at radius 2 is 2.20 bits per heavy atom. The zero-order chi connectivity index (χ0) is 7.56. The lowest BCUT2D eigenvalue weighted by Gasteiger charge is -1.95. The lowest BCUT2D eigenvalue weighted by atomic mass is 10.1. The van der Waals surface area contributed by atoms with E-state index in [1.165, 1.54) is 0 Å². The summed E-state index contributed by atoms with van der Waals surface area (Å²) in [5.74, 6) is 0.198. The first kappa shape index (κ1) is 7.45. The maximum absolute atomic E-state index is 11.8. The molecule has 0 bridgehead atoms. The highest BCUT2D eigenvalue weighted by atomic mass is 19.1. The van der Waals surface area contributed by atoms with Crippen LogP contribution in [0.2, 0.25) is 0 Å². The highest BCUT2D eigenvalue weighted by Crippen LogP contribution is 2.24. The molecule has 0 heterocycles. The lowest BCUT2D eigenvalue weighted by molar-refractivity contribution is -0.114. The summed E-state index contributed by atoms with van der Waals surface area (Å²) in [5, 5.41) is 0. The zero-order valence-corrected chi connectivity index (χ0v) is 6.11. The Kier molecular flexibility index (Phi) is 2.20. The first-order chi connectivity index (χ1) is 4.75. The second kappa shape index (κ2) is 2.95. The van der Waals surface area contributed by atoms with E-state index in [0.29, 0.717) is 12.8 Å². The van der Waals surface area contributed by atoms with Gasteiger partial charge in [-0.2, -0.15) is 0 Å². The smallest absolute Gasteiger partial charge is 0.158 e. The van der Waals surface area contributed by atoms with Gasteiger partial charge < -0.3 is 0 Å².